The van der Waals surface area contributed by atoms with E-state index in [4.69, 9.17) is 5.73 Å². The minimum atomic E-state index is -1.10. The van der Waals surface area contributed by atoms with Crippen LogP contribution in [0.1, 0.15) is 59.3 Å². The van der Waals surface area contributed by atoms with E-state index in [9.17, 15) is 23.1 Å². The SMILES string of the molecule is C[C@H]1C2=C(CC[C@@]2(O)CCc2cccc(F)c2C(N)=O)Cc2c1cnn2-c1ccc(F)c(F)c1. The average molecular weight is 467 g/mol. The summed E-state index contributed by atoms with van der Waals surface area (Å²) < 4.78 is 43.0. The van der Waals surface area contributed by atoms with Gasteiger partial charge in [-0.25, -0.2) is 17.9 Å². The summed E-state index contributed by atoms with van der Waals surface area (Å²) in [5.74, 6) is -3.47. The summed E-state index contributed by atoms with van der Waals surface area (Å²) in [6.45, 7) is 2.00. The highest BCUT2D eigenvalue weighted by atomic mass is 19.2. The summed E-state index contributed by atoms with van der Waals surface area (Å²) in [5, 5.41) is 16.1. The van der Waals surface area contributed by atoms with E-state index in [1.54, 1.807) is 16.9 Å². The number of allylic oxidation sites excluding steroid dienone is 1. The Labute approximate surface area is 194 Å². The number of amides is 1. The highest BCUT2D eigenvalue weighted by molar-refractivity contribution is 5.94. The van der Waals surface area contributed by atoms with Crippen LogP contribution in [0, 0.1) is 17.5 Å². The minimum Gasteiger partial charge on any atom is -0.385 e. The number of halogens is 3. The third-order valence-corrected chi connectivity index (χ3v) is 7.21. The Morgan fingerprint density at radius 2 is 2.00 bits per heavy atom. The topological polar surface area (TPSA) is 81.1 Å². The number of carbonyl (C=O) groups excluding carboxylic acids is 1. The van der Waals surface area contributed by atoms with Crippen LogP contribution >= 0.6 is 0 Å². The van der Waals surface area contributed by atoms with Crippen molar-refractivity contribution in [1.82, 2.24) is 9.78 Å². The van der Waals surface area contributed by atoms with Crippen molar-refractivity contribution >= 4 is 5.91 Å². The molecule has 0 fully saturated rings. The van der Waals surface area contributed by atoms with Crippen molar-refractivity contribution in [1.29, 1.82) is 0 Å². The molecular weight excluding hydrogens is 443 g/mol. The largest absolute Gasteiger partial charge is 0.385 e. The Hall–Kier alpha value is -3.39. The van der Waals surface area contributed by atoms with E-state index >= 15 is 0 Å². The number of nitrogens with two attached hydrogens (primary N) is 1. The lowest BCUT2D eigenvalue weighted by Gasteiger charge is -2.33. The molecule has 8 heteroatoms. The predicted molar refractivity (Wildman–Crippen MR) is 120 cm³/mol. The van der Waals surface area contributed by atoms with Gasteiger partial charge in [-0.1, -0.05) is 24.6 Å². The molecule has 5 rings (SSSR count). The molecule has 2 aliphatic carbocycles. The standard InChI is InChI=1S/C26H24F3N3O2/c1-14-18-13-31-32(17-5-6-19(27)21(29)12-17)22(18)11-16-8-10-26(34,24(14)16)9-7-15-3-2-4-20(28)23(15)25(30)33/h2-6,12-14,34H,7-11H2,1H3,(H2,30,33)/t14-,26+/m1/s1. The van der Waals surface area contributed by atoms with Crippen molar-refractivity contribution in [3.05, 3.63) is 93.6 Å². The molecule has 1 heterocycles. The number of benzene rings is 2. The molecule has 0 spiro atoms. The molecule has 2 atom stereocenters. The lowest BCUT2D eigenvalue weighted by Crippen LogP contribution is -2.33. The van der Waals surface area contributed by atoms with Gasteiger partial charge in [0.05, 0.1) is 28.7 Å². The number of aromatic nitrogens is 2. The van der Waals surface area contributed by atoms with Crippen molar-refractivity contribution in [2.24, 2.45) is 5.73 Å². The number of carbonyl (C=O) groups is 1. The number of aliphatic hydroxyl groups is 1. The first kappa shape index (κ1) is 22.4. The summed E-state index contributed by atoms with van der Waals surface area (Å²) in [7, 11) is 0. The van der Waals surface area contributed by atoms with Crippen LogP contribution in [0.25, 0.3) is 5.69 Å². The number of hydrogen-bond acceptors (Lipinski definition) is 3. The molecule has 0 aliphatic heterocycles. The van der Waals surface area contributed by atoms with Gasteiger partial charge in [-0.05, 0) is 55.0 Å². The minimum absolute atomic E-state index is 0.131. The van der Waals surface area contributed by atoms with Gasteiger partial charge in [-0.2, -0.15) is 5.10 Å². The average Bonchev–Trinajstić information content (AvgIpc) is 3.36. The Kier molecular flexibility index (Phi) is 5.36. The van der Waals surface area contributed by atoms with Crippen LogP contribution in [-0.2, 0) is 12.8 Å². The molecule has 5 nitrogen and oxygen atoms in total. The fourth-order valence-electron chi connectivity index (χ4n) is 5.63. The second-order valence-electron chi connectivity index (χ2n) is 9.14. The third-order valence-electron chi connectivity index (χ3n) is 7.21. The Balaban J connectivity index is 1.44. The molecule has 0 bridgehead atoms. The number of rotatable bonds is 5. The van der Waals surface area contributed by atoms with Gasteiger partial charge in [0.1, 0.15) is 5.82 Å². The van der Waals surface area contributed by atoms with Gasteiger partial charge in [0.2, 0.25) is 0 Å². The maximum absolute atomic E-state index is 14.2. The van der Waals surface area contributed by atoms with Gasteiger partial charge >= 0.3 is 0 Å². The summed E-state index contributed by atoms with van der Waals surface area (Å²) in [4.78, 5) is 11.8. The van der Waals surface area contributed by atoms with Crippen molar-refractivity contribution in [2.75, 3.05) is 0 Å². The maximum atomic E-state index is 14.2. The fourth-order valence-corrected chi connectivity index (χ4v) is 5.63. The molecule has 2 aliphatic rings. The highest BCUT2D eigenvalue weighted by Gasteiger charge is 2.44. The molecule has 0 radical (unpaired) electrons. The van der Waals surface area contributed by atoms with E-state index in [2.05, 4.69) is 5.10 Å². The molecule has 1 amide bonds. The zero-order valence-corrected chi connectivity index (χ0v) is 18.6. The van der Waals surface area contributed by atoms with E-state index in [1.165, 1.54) is 18.2 Å². The Morgan fingerprint density at radius 3 is 2.74 bits per heavy atom. The first-order valence-corrected chi connectivity index (χ1v) is 11.2. The smallest absolute Gasteiger partial charge is 0.251 e. The zero-order valence-electron chi connectivity index (χ0n) is 18.6. The first-order valence-electron chi connectivity index (χ1n) is 11.2. The van der Waals surface area contributed by atoms with Gasteiger partial charge in [-0.3, -0.25) is 4.79 Å². The Morgan fingerprint density at radius 1 is 1.21 bits per heavy atom. The van der Waals surface area contributed by atoms with Crippen LogP contribution in [0.2, 0.25) is 0 Å². The molecule has 34 heavy (non-hydrogen) atoms. The second-order valence-corrected chi connectivity index (χ2v) is 9.14. The normalized spacial score (nSPS) is 21.5. The number of primary amides is 1. The summed E-state index contributed by atoms with van der Waals surface area (Å²) >= 11 is 0. The second kappa shape index (κ2) is 8.13. The summed E-state index contributed by atoms with van der Waals surface area (Å²) in [5.41, 5.74) is 8.91. The molecular formula is C26H24F3N3O2. The van der Waals surface area contributed by atoms with Crippen molar-refractivity contribution < 1.29 is 23.1 Å². The number of fused-ring (bicyclic) bond motifs is 1. The van der Waals surface area contributed by atoms with E-state index in [1.807, 2.05) is 6.92 Å². The molecule has 0 saturated carbocycles. The summed E-state index contributed by atoms with van der Waals surface area (Å²) in [6.07, 6.45) is 4.09. The molecule has 3 aromatic rings. The molecule has 176 valence electrons. The van der Waals surface area contributed by atoms with Crippen molar-refractivity contribution in [2.45, 2.75) is 50.5 Å². The number of hydrogen-bond donors (Lipinski definition) is 2. The first-order chi connectivity index (χ1) is 16.2. The predicted octanol–water partition coefficient (Wildman–Crippen LogP) is 4.50. The zero-order chi connectivity index (χ0) is 24.2. The molecule has 0 unspecified atom stereocenters. The van der Waals surface area contributed by atoms with Crippen molar-refractivity contribution in [3.8, 4) is 5.69 Å². The van der Waals surface area contributed by atoms with Crippen LogP contribution in [0.3, 0.4) is 0 Å². The fraction of sp³-hybridized carbons (Fsp3) is 0.308. The summed E-state index contributed by atoms with van der Waals surface area (Å²) in [6, 6.07) is 8.08. The van der Waals surface area contributed by atoms with Gasteiger partial charge in [0.15, 0.2) is 11.6 Å². The lowest BCUT2D eigenvalue weighted by molar-refractivity contribution is 0.0650. The molecule has 0 saturated heterocycles. The monoisotopic (exact) mass is 467 g/mol. The Bertz CT molecular complexity index is 1350. The van der Waals surface area contributed by atoms with E-state index < -0.39 is 29.0 Å². The van der Waals surface area contributed by atoms with Crippen LogP contribution in [-0.4, -0.2) is 26.4 Å². The van der Waals surface area contributed by atoms with Gasteiger partial charge < -0.3 is 10.8 Å². The van der Waals surface area contributed by atoms with Crippen LogP contribution < -0.4 is 5.73 Å². The molecule has 2 aromatic carbocycles. The van der Waals surface area contributed by atoms with Gasteiger partial charge in [0.25, 0.3) is 5.91 Å². The van der Waals surface area contributed by atoms with E-state index in [0.717, 1.165) is 34.5 Å². The van der Waals surface area contributed by atoms with Crippen LogP contribution in [0.4, 0.5) is 13.2 Å². The lowest BCUT2D eigenvalue weighted by atomic mass is 9.76. The van der Waals surface area contributed by atoms with E-state index in [0.29, 0.717) is 43.4 Å². The molecule has 3 N–H and O–H groups in total. The highest BCUT2D eigenvalue weighted by Crippen LogP contribution is 2.50. The van der Waals surface area contributed by atoms with E-state index in [-0.39, 0.29) is 11.5 Å². The number of nitrogens with zero attached hydrogens (tertiary/aromatic N) is 2. The maximum Gasteiger partial charge on any atom is 0.251 e. The quantitative estimate of drug-likeness (QED) is 0.542. The van der Waals surface area contributed by atoms with Gasteiger partial charge in [0, 0.05) is 24.0 Å². The molecule has 1 aromatic heterocycles. The third kappa shape index (κ3) is 3.53. The number of aryl methyl sites for hydroxylation is 1. The van der Waals surface area contributed by atoms with Crippen LogP contribution in [0.15, 0.2) is 53.7 Å². The van der Waals surface area contributed by atoms with Crippen molar-refractivity contribution in [3.63, 3.8) is 0 Å². The van der Waals surface area contributed by atoms with Crippen LogP contribution in [0.5, 0.6) is 0 Å². The van der Waals surface area contributed by atoms with Gasteiger partial charge in [-0.15, -0.1) is 0 Å².